The highest BCUT2D eigenvalue weighted by Gasteiger charge is 2.16. The second-order valence-corrected chi connectivity index (χ2v) is 5.62. The van der Waals surface area contributed by atoms with E-state index in [1.807, 2.05) is 24.3 Å². The monoisotopic (exact) mass is 339 g/mol. The molecule has 0 aliphatic carbocycles. The normalized spacial score (nSPS) is 12.4. The summed E-state index contributed by atoms with van der Waals surface area (Å²) >= 11 is 0. The fourth-order valence-corrected chi connectivity index (χ4v) is 2.92. The Kier molecular flexibility index (Phi) is 3.68. The Bertz CT molecular complexity index is 959. The first-order valence-electron chi connectivity index (χ1n) is 7.74. The van der Waals surface area contributed by atoms with E-state index in [0.29, 0.717) is 23.4 Å². The van der Waals surface area contributed by atoms with Crippen LogP contribution in [0.5, 0.6) is 23.0 Å². The molecule has 2 heterocycles. The molecule has 0 bridgehead atoms. The minimum Gasteiger partial charge on any atom is -0.493 e. The van der Waals surface area contributed by atoms with Crippen LogP contribution in [0.2, 0.25) is 0 Å². The standard InChI is InChI=1S/C18H17N3O4/c1-22-15-7-11-12(20-18(19)21-13(11)8-16(15)23-2)5-10-3-4-14-17(6-10)25-9-24-14/h3-4,6-8H,5,9H2,1-2H3,(H2,19,20,21). The number of benzene rings is 2. The minimum atomic E-state index is 0.218. The van der Waals surface area contributed by atoms with Gasteiger partial charge >= 0.3 is 0 Å². The molecule has 2 aromatic carbocycles. The van der Waals surface area contributed by atoms with E-state index in [0.717, 1.165) is 28.1 Å². The maximum Gasteiger partial charge on any atom is 0.231 e. The molecule has 0 unspecified atom stereocenters. The van der Waals surface area contributed by atoms with Crippen molar-refractivity contribution < 1.29 is 18.9 Å². The number of nitrogen functional groups attached to an aromatic ring is 1. The molecule has 0 radical (unpaired) electrons. The first kappa shape index (κ1) is 15.3. The van der Waals surface area contributed by atoms with E-state index in [-0.39, 0.29) is 12.7 Å². The molecule has 0 fully saturated rings. The number of aromatic nitrogens is 2. The molecule has 0 saturated heterocycles. The minimum absolute atomic E-state index is 0.218. The molecule has 1 aliphatic rings. The van der Waals surface area contributed by atoms with Crippen LogP contribution in [0, 0.1) is 0 Å². The maximum atomic E-state index is 5.89. The van der Waals surface area contributed by atoms with Gasteiger partial charge in [-0.15, -0.1) is 0 Å². The molecule has 128 valence electrons. The zero-order chi connectivity index (χ0) is 17.4. The lowest BCUT2D eigenvalue weighted by Crippen LogP contribution is -2.03. The Hall–Kier alpha value is -3.22. The van der Waals surface area contributed by atoms with Crippen LogP contribution in [0.4, 0.5) is 5.95 Å². The molecule has 3 aromatic rings. The molecule has 0 saturated carbocycles. The molecule has 1 aromatic heterocycles. The van der Waals surface area contributed by atoms with Crippen molar-refractivity contribution in [3.8, 4) is 23.0 Å². The third kappa shape index (κ3) is 2.73. The number of fused-ring (bicyclic) bond motifs is 2. The quantitative estimate of drug-likeness (QED) is 0.781. The molecule has 2 N–H and O–H groups in total. The van der Waals surface area contributed by atoms with Crippen molar-refractivity contribution in [2.45, 2.75) is 6.42 Å². The van der Waals surface area contributed by atoms with Crippen molar-refractivity contribution >= 4 is 16.9 Å². The van der Waals surface area contributed by atoms with Crippen LogP contribution in [-0.4, -0.2) is 31.0 Å². The first-order valence-corrected chi connectivity index (χ1v) is 7.74. The van der Waals surface area contributed by atoms with Crippen molar-refractivity contribution in [3.05, 3.63) is 41.6 Å². The summed E-state index contributed by atoms with van der Waals surface area (Å²) in [7, 11) is 3.18. The van der Waals surface area contributed by atoms with Gasteiger partial charge in [-0.3, -0.25) is 0 Å². The summed E-state index contributed by atoms with van der Waals surface area (Å²) in [6.45, 7) is 0.249. The smallest absolute Gasteiger partial charge is 0.231 e. The zero-order valence-electron chi connectivity index (χ0n) is 13.9. The molecule has 4 rings (SSSR count). The number of methoxy groups -OCH3 is 2. The number of hydrogen-bond donors (Lipinski definition) is 1. The van der Waals surface area contributed by atoms with Gasteiger partial charge in [-0.05, 0) is 23.8 Å². The number of rotatable bonds is 4. The van der Waals surface area contributed by atoms with Gasteiger partial charge < -0.3 is 24.7 Å². The van der Waals surface area contributed by atoms with Gasteiger partial charge in [-0.25, -0.2) is 9.97 Å². The highest BCUT2D eigenvalue weighted by molar-refractivity contribution is 5.86. The number of anilines is 1. The van der Waals surface area contributed by atoms with Crippen LogP contribution in [0.1, 0.15) is 11.3 Å². The van der Waals surface area contributed by atoms with Crippen LogP contribution in [0.3, 0.4) is 0 Å². The highest BCUT2D eigenvalue weighted by Crippen LogP contribution is 2.35. The van der Waals surface area contributed by atoms with Gasteiger partial charge in [0.05, 0.1) is 25.4 Å². The van der Waals surface area contributed by atoms with Crippen molar-refractivity contribution in [1.82, 2.24) is 9.97 Å². The van der Waals surface area contributed by atoms with Gasteiger partial charge in [0, 0.05) is 17.9 Å². The lowest BCUT2D eigenvalue weighted by Gasteiger charge is -2.12. The van der Waals surface area contributed by atoms with E-state index < -0.39 is 0 Å². The average molecular weight is 339 g/mol. The summed E-state index contributed by atoms with van der Waals surface area (Å²) in [5.41, 5.74) is 8.45. The van der Waals surface area contributed by atoms with Crippen molar-refractivity contribution in [1.29, 1.82) is 0 Å². The van der Waals surface area contributed by atoms with Gasteiger partial charge in [-0.2, -0.15) is 0 Å². The fraction of sp³-hybridized carbons (Fsp3) is 0.222. The van der Waals surface area contributed by atoms with E-state index in [2.05, 4.69) is 9.97 Å². The molecule has 7 heteroatoms. The van der Waals surface area contributed by atoms with Crippen LogP contribution >= 0.6 is 0 Å². The number of ether oxygens (including phenoxy) is 4. The SMILES string of the molecule is COc1cc2nc(N)nc(Cc3ccc4c(c3)OCO4)c2cc1OC. The predicted octanol–water partition coefficient (Wildman–Crippen LogP) is 2.55. The lowest BCUT2D eigenvalue weighted by molar-refractivity contribution is 0.174. The van der Waals surface area contributed by atoms with Gasteiger partial charge in [0.15, 0.2) is 23.0 Å². The zero-order valence-corrected chi connectivity index (χ0v) is 13.9. The Morgan fingerprint density at radius 3 is 2.56 bits per heavy atom. The van der Waals surface area contributed by atoms with E-state index in [1.165, 1.54) is 0 Å². The molecular formula is C18H17N3O4. The molecule has 0 atom stereocenters. The summed E-state index contributed by atoms with van der Waals surface area (Å²) in [5, 5.41) is 0.865. The third-order valence-electron chi connectivity index (χ3n) is 4.11. The Labute approximate surface area is 144 Å². The van der Waals surface area contributed by atoms with E-state index >= 15 is 0 Å². The maximum absolute atomic E-state index is 5.89. The van der Waals surface area contributed by atoms with Gasteiger partial charge in [0.1, 0.15) is 0 Å². The summed E-state index contributed by atoms with van der Waals surface area (Å²) in [5.74, 6) is 2.93. The van der Waals surface area contributed by atoms with Crippen molar-refractivity contribution in [2.24, 2.45) is 0 Å². The van der Waals surface area contributed by atoms with Crippen LogP contribution < -0.4 is 24.7 Å². The predicted molar refractivity (Wildman–Crippen MR) is 92.4 cm³/mol. The molecule has 25 heavy (non-hydrogen) atoms. The first-order chi connectivity index (χ1) is 12.2. The van der Waals surface area contributed by atoms with Crippen LogP contribution in [0.25, 0.3) is 10.9 Å². The summed E-state index contributed by atoms with van der Waals surface area (Å²) in [4.78, 5) is 8.73. The second-order valence-electron chi connectivity index (χ2n) is 5.62. The molecule has 0 amide bonds. The topological polar surface area (TPSA) is 88.7 Å². The summed E-state index contributed by atoms with van der Waals surface area (Å²) in [6.07, 6.45) is 0.579. The van der Waals surface area contributed by atoms with Crippen LogP contribution in [0.15, 0.2) is 30.3 Å². The molecular weight excluding hydrogens is 322 g/mol. The number of nitrogens with zero attached hydrogens (tertiary/aromatic N) is 2. The van der Waals surface area contributed by atoms with Crippen molar-refractivity contribution in [3.63, 3.8) is 0 Å². The summed E-state index contributed by atoms with van der Waals surface area (Å²) < 4.78 is 21.5. The van der Waals surface area contributed by atoms with Gasteiger partial charge in [0.2, 0.25) is 12.7 Å². The van der Waals surface area contributed by atoms with E-state index in [1.54, 1.807) is 20.3 Å². The number of hydrogen-bond acceptors (Lipinski definition) is 7. The van der Waals surface area contributed by atoms with E-state index in [9.17, 15) is 0 Å². The molecule has 7 nitrogen and oxygen atoms in total. The second kappa shape index (κ2) is 6.01. The Morgan fingerprint density at radius 1 is 1.00 bits per heavy atom. The molecule has 1 aliphatic heterocycles. The average Bonchev–Trinajstić information content (AvgIpc) is 3.08. The molecule has 0 spiro atoms. The Balaban J connectivity index is 1.80. The highest BCUT2D eigenvalue weighted by atomic mass is 16.7. The largest absolute Gasteiger partial charge is 0.493 e. The third-order valence-corrected chi connectivity index (χ3v) is 4.11. The fourth-order valence-electron chi connectivity index (χ4n) is 2.92. The van der Waals surface area contributed by atoms with Gasteiger partial charge in [0.25, 0.3) is 0 Å². The van der Waals surface area contributed by atoms with Crippen molar-refractivity contribution in [2.75, 3.05) is 26.7 Å². The lowest BCUT2D eigenvalue weighted by atomic mass is 10.0. The van der Waals surface area contributed by atoms with Crippen LogP contribution in [-0.2, 0) is 6.42 Å². The summed E-state index contributed by atoms with van der Waals surface area (Å²) in [6, 6.07) is 9.50. The Morgan fingerprint density at radius 2 is 1.76 bits per heavy atom. The van der Waals surface area contributed by atoms with Gasteiger partial charge in [-0.1, -0.05) is 6.07 Å². The van der Waals surface area contributed by atoms with E-state index in [4.69, 9.17) is 24.7 Å². The number of nitrogens with two attached hydrogens (primary N) is 1.